The number of allylic oxidation sites excluding steroid dienone is 1. The lowest BCUT2D eigenvalue weighted by Gasteiger charge is -2.18. The topological polar surface area (TPSA) is 62.9 Å². The smallest absolute Gasteiger partial charge is 0.429 e. The van der Waals surface area contributed by atoms with Gasteiger partial charge in [0, 0.05) is 23.0 Å². The van der Waals surface area contributed by atoms with Gasteiger partial charge in [0.25, 0.3) is 0 Å². The fourth-order valence-electron chi connectivity index (χ4n) is 1.38. The maximum absolute atomic E-state index is 13.4. The van der Waals surface area contributed by atoms with Crippen molar-refractivity contribution >= 4 is 34.6 Å². The highest BCUT2D eigenvalue weighted by Gasteiger charge is 2.62. The molecule has 130 valence electrons. The number of rotatable bonds is 6. The van der Waals surface area contributed by atoms with Gasteiger partial charge in [-0.25, -0.2) is 4.68 Å². The Balaban J connectivity index is 3.46. The van der Waals surface area contributed by atoms with Crippen molar-refractivity contribution in [1.29, 1.82) is 5.41 Å². The molecule has 1 rings (SSSR count). The fourth-order valence-corrected chi connectivity index (χ4v) is 1.54. The third-order valence-electron chi connectivity index (χ3n) is 2.35. The third-order valence-corrected chi connectivity index (χ3v) is 2.97. The van der Waals surface area contributed by atoms with Crippen molar-refractivity contribution in [2.75, 3.05) is 5.32 Å². The molecule has 0 saturated carbocycles. The lowest BCUT2D eigenvalue weighted by molar-refractivity contribution is -0.291. The summed E-state index contributed by atoms with van der Waals surface area (Å²) in [5.74, 6) is -7.58. The number of aromatic nitrogens is 2. The van der Waals surface area contributed by atoms with E-state index in [1.54, 1.807) is 22.6 Å². The van der Waals surface area contributed by atoms with E-state index in [1.807, 2.05) is 0 Å². The predicted molar refractivity (Wildman–Crippen MR) is 74.3 cm³/mol. The summed E-state index contributed by atoms with van der Waals surface area (Å²) < 4.78 is 93.4. The van der Waals surface area contributed by atoms with E-state index in [2.05, 4.69) is 15.2 Å². The van der Waals surface area contributed by atoms with Gasteiger partial charge in [-0.3, -0.25) is 0 Å². The van der Waals surface area contributed by atoms with E-state index >= 15 is 0 Å². The molecule has 0 aliphatic rings. The Morgan fingerprint density at radius 1 is 1.35 bits per heavy atom. The van der Waals surface area contributed by atoms with E-state index in [-0.39, 0.29) is 3.58 Å². The van der Waals surface area contributed by atoms with Crippen LogP contribution in [0.25, 0.3) is 0 Å². The highest BCUT2D eigenvalue weighted by atomic mass is 127. The molecule has 0 saturated heterocycles. The summed E-state index contributed by atoms with van der Waals surface area (Å²) in [6, 6.07) is 0. The van der Waals surface area contributed by atoms with Gasteiger partial charge in [-0.2, -0.15) is 35.8 Å². The van der Waals surface area contributed by atoms with Crippen molar-refractivity contribution in [2.24, 2.45) is 7.05 Å². The van der Waals surface area contributed by atoms with Crippen LogP contribution in [0.4, 0.5) is 36.6 Å². The van der Waals surface area contributed by atoms with Crippen molar-refractivity contribution in [2.45, 2.75) is 18.7 Å². The first-order valence-corrected chi connectivity index (χ1v) is 6.59. The molecule has 1 heterocycles. The molecule has 23 heavy (non-hydrogen) atoms. The Kier molecular flexibility index (Phi) is 5.87. The minimum absolute atomic E-state index is 0.205. The third kappa shape index (κ3) is 4.26. The molecule has 1 aromatic heterocycles. The predicted octanol–water partition coefficient (Wildman–Crippen LogP) is 4.01. The van der Waals surface area contributed by atoms with Gasteiger partial charge in [0.05, 0.1) is 0 Å². The number of nitrogens with one attached hydrogen (secondary N) is 2. The van der Waals surface area contributed by atoms with Gasteiger partial charge in [-0.15, -0.1) is 0 Å². The zero-order chi connectivity index (χ0) is 18.0. The zero-order valence-corrected chi connectivity index (χ0v) is 13.2. The summed E-state index contributed by atoms with van der Waals surface area (Å²) in [5.41, 5.74) is -1.99. The first kappa shape index (κ1) is 19.5. The molecule has 1 aromatic rings. The number of aryl methyl sites for hydroxylation is 1. The average molecular weight is 460 g/mol. The second kappa shape index (κ2) is 6.92. The van der Waals surface area contributed by atoms with E-state index in [0.717, 1.165) is 19.5 Å². The van der Waals surface area contributed by atoms with Crippen LogP contribution in [0, 0.1) is 5.41 Å². The van der Waals surface area contributed by atoms with Gasteiger partial charge in [0.1, 0.15) is 0 Å². The molecule has 0 aliphatic heterocycles. The van der Waals surface area contributed by atoms with E-state index in [1.165, 1.54) is 0 Å². The highest BCUT2D eigenvalue weighted by Crippen LogP contribution is 2.48. The average Bonchev–Trinajstić information content (AvgIpc) is 2.71. The Labute approximate surface area is 138 Å². The molecule has 0 unspecified atom stereocenters. The van der Waals surface area contributed by atoms with Crippen LogP contribution in [0.15, 0.2) is 9.78 Å². The van der Waals surface area contributed by atoms with Crippen molar-refractivity contribution in [1.82, 2.24) is 9.78 Å². The lowest BCUT2D eigenvalue weighted by Crippen LogP contribution is -2.34. The van der Waals surface area contributed by atoms with Gasteiger partial charge in [-0.1, -0.05) is 0 Å². The number of halogens is 8. The summed E-state index contributed by atoms with van der Waals surface area (Å²) >= 11 is 1.63. The molecule has 0 amide bonds. The van der Waals surface area contributed by atoms with Crippen LogP contribution >= 0.6 is 22.6 Å². The summed E-state index contributed by atoms with van der Waals surface area (Å²) in [7, 11) is 0.960. The molecule has 5 nitrogen and oxygen atoms in total. The molecule has 0 atom stereocenters. The summed E-state index contributed by atoms with van der Waals surface area (Å²) in [6.45, 7) is -3.65. The molecule has 0 spiro atoms. The van der Waals surface area contributed by atoms with Gasteiger partial charge < -0.3 is 15.5 Å². The summed E-state index contributed by atoms with van der Waals surface area (Å²) in [6.07, 6.45) is -4.21. The minimum atomic E-state index is -6.04. The van der Waals surface area contributed by atoms with Gasteiger partial charge in [-0.05, 0) is 22.6 Å². The summed E-state index contributed by atoms with van der Waals surface area (Å²) in [4.78, 5) is 0. The number of hydrogen-bond donors (Lipinski definition) is 2. The van der Waals surface area contributed by atoms with E-state index < -0.39 is 36.0 Å². The molecule has 0 aromatic carbocycles. The SMILES string of the molecule is Cn1nc(C(F)(F)C(F)(F)F)c(OC(F)F)c1N/C=C(/I)C=N. The number of nitrogens with zero attached hydrogens (tertiary/aromatic N) is 2. The first-order chi connectivity index (χ1) is 10.4. The molecule has 0 aliphatic carbocycles. The van der Waals surface area contributed by atoms with Crippen LogP contribution in [0.5, 0.6) is 5.75 Å². The quantitative estimate of drug-likeness (QED) is 0.383. The maximum Gasteiger partial charge on any atom is 0.459 e. The Bertz CT molecular complexity index is 611. The van der Waals surface area contributed by atoms with Crippen LogP contribution in [-0.2, 0) is 13.0 Å². The fraction of sp³-hybridized carbons (Fsp3) is 0.400. The minimum Gasteiger partial charge on any atom is -0.429 e. The first-order valence-electron chi connectivity index (χ1n) is 5.51. The largest absolute Gasteiger partial charge is 0.459 e. The number of alkyl halides is 7. The number of hydrogen-bond acceptors (Lipinski definition) is 4. The second-order valence-electron chi connectivity index (χ2n) is 3.92. The molecule has 2 N–H and O–H groups in total. The molecule has 0 bridgehead atoms. The Morgan fingerprint density at radius 2 is 1.91 bits per heavy atom. The standard InChI is InChI=1S/C10H8F7IN4O/c1-22-7(20-3-4(18)2-19)5(23-8(11)12)6(21-22)9(13,14)10(15,16)17/h2-3,8,19-20H,1H3/b4-3+,19-2?. The molecular formula is C10H8F7IN4O. The van der Waals surface area contributed by atoms with Gasteiger partial charge >= 0.3 is 18.7 Å². The van der Waals surface area contributed by atoms with Crippen molar-refractivity contribution < 1.29 is 35.5 Å². The van der Waals surface area contributed by atoms with E-state index in [4.69, 9.17) is 5.41 Å². The number of anilines is 1. The van der Waals surface area contributed by atoms with E-state index in [9.17, 15) is 30.7 Å². The van der Waals surface area contributed by atoms with Crippen LogP contribution in [0.3, 0.4) is 0 Å². The maximum atomic E-state index is 13.4. The van der Waals surface area contributed by atoms with Gasteiger partial charge in [0.15, 0.2) is 17.3 Å². The van der Waals surface area contributed by atoms with Crippen LogP contribution in [0.1, 0.15) is 5.69 Å². The molecular weight excluding hydrogens is 452 g/mol. The normalized spacial score (nSPS) is 13.4. The Hall–Kier alpha value is -1.54. The molecule has 0 fully saturated rings. The van der Waals surface area contributed by atoms with Crippen molar-refractivity contribution in [3.63, 3.8) is 0 Å². The lowest BCUT2D eigenvalue weighted by atomic mass is 10.2. The molecule has 0 radical (unpaired) electrons. The second-order valence-corrected chi connectivity index (χ2v) is 5.16. The number of ether oxygens (including phenoxy) is 1. The van der Waals surface area contributed by atoms with E-state index in [0.29, 0.717) is 4.68 Å². The van der Waals surface area contributed by atoms with Crippen molar-refractivity contribution in [3.05, 3.63) is 15.5 Å². The monoisotopic (exact) mass is 460 g/mol. The van der Waals surface area contributed by atoms with Crippen molar-refractivity contribution in [3.8, 4) is 5.75 Å². The van der Waals surface area contributed by atoms with Crippen LogP contribution in [0.2, 0.25) is 0 Å². The van der Waals surface area contributed by atoms with Gasteiger partial charge in [0.2, 0.25) is 0 Å². The van der Waals surface area contributed by atoms with Crippen LogP contribution in [-0.4, -0.2) is 28.8 Å². The summed E-state index contributed by atoms with van der Waals surface area (Å²) in [5, 5.41) is 12.0. The van der Waals surface area contributed by atoms with Crippen LogP contribution < -0.4 is 10.1 Å². The zero-order valence-electron chi connectivity index (χ0n) is 11.1. The Morgan fingerprint density at radius 3 is 2.35 bits per heavy atom. The molecule has 13 heteroatoms. The highest BCUT2D eigenvalue weighted by molar-refractivity contribution is 14.1.